The SMILES string of the molecule is CN(C1C=CC(C(O)(C(F)(F)F)C(F)(F)F)=CC1)S(=O)(=O)C1C=C(C(F)(F)F)C=CC1. The average molecular weight is 485 g/mol. The molecule has 0 aliphatic heterocycles. The van der Waals surface area contributed by atoms with Gasteiger partial charge in [0, 0.05) is 13.1 Å². The number of nitrogens with zero attached hydrogens (tertiary/aromatic N) is 1. The molecular weight excluding hydrogens is 469 g/mol. The van der Waals surface area contributed by atoms with Gasteiger partial charge in [-0.05, 0) is 18.4 Å². The van der Waals surface area contributed by atoms with E-state index in [1.165, 1.54) is 0 Å². The van der Waals surface area contributed by atoms with Crippen molar-refractivity contribution in [1.82, 2.24) is 4.31 Å². The monoisotopic (exact) mass is 485 g/mol. The fourth-order valence-corrected chi connectivity index (χ4v) is 4.72. The minimum Gasteiger partial charge on any atom is -0.370 e. The first-order valence-electron chi connectivity index (χ1n) is 8.50. The number of allylic oxidation sites excluding steroid dienone is 3. The molecule has 2 atom stereocenters. The molecule has 4 nitrogen and oxygen atoms in total. The maximum absolute atomic E-state index is 12.9. The molecule has 14 heteroatoms. The van der Waals surface area contributed by atoms with Gasteiger partial charge in [-0.2, -0.15) is 43.8 Å². The summed E-state index contributed by atoms with van der Waals surface area (Å²) in [7, 11) is -3.50. The number of rotatable bonds is 4. The lowest BCUT2D eigenvalue weighted by molar-refractivity contribution is -0.351. The normalized spacial score (nSPS) is 23.7. The minimum atomic E-state index is -6.10. The molecule has 1 N–H and O–H groups in total. The molecule has 2 rings (SSSR count). The van der Waals surface area contributed by atoms with Crippen LogP contribution in [0, 0.1) is 0 Å². The molecule has 0 aromatic carbocycles. The second-order valence-corrected chi connectivity index (χ2v) is 9.10. The fourth-order valence-electron chi connectivity index (χ4n) is 3.09. The van der Waals surface area contributed by atoms with Crippen molar-refractivity contribution in [3.05, 3.63) is 47.6 Å². The van der Waals surface area contributed by atoms with E-state index in [-0.39, 0.29) is 6.42 Å². The highest BCUT2D eigenvalue weighted by Gasteiger charge is 2.72. The highest BCUT2D eigenvalue weighted by atomic mass is 32.2. The molecule has 2 unspecified atom stereocenters. The smallest absolute Gasteiger partial charge is 0.370 e. The van der Waals surface area contributed by atoms with E-state index in [4.69, 9.17) is 0 Å². The molecule has 0 heterocycles. The number of halogens is 9. The maximum atomic E-state index is 12.9. The molecule has 0 aromatic heterocycles. The summed E-state index contributed by atoms with van der Waals surface area (Å²) >= 11 is 0. The molecule has 2 aliphatic rings. The zero-order chi connectivity index (χ0) is 24.0. The summed E-state index contributed by atoms with van der Waals surface area (Å²) in [6.07, 6.45) is -14.4. The van der Waals surface area contributed by atoms with Gasteiger partial charge in [-0.15, -0.1) is 0 Å². The Bertz CT molecular complexity index is 910. The second kappa shape index (κ2) is 7.96. The van der Waals surface area contributed by atoms with Crippen LogP contribution in [0.5, 0.6) is 0 Å². The molecule has 176 valence electrons. The number of sulfonamides is 1. The second-order valence-electron chi connectivity index (χ2n) is 6.89. The van der Waals surface area contributed by atoms with E-state index >= 15 is 0 Å². The topological polar surface area (TPSA) is 57.6 Å². The van der Waals surface area contributed by atoms with Crippen LogP contribution >= 0.6 is 0 Å². The Morgan fingerprint density at radius 1 is 0.935 bits per heavy atom. The zero-order valence-electron chi connectivity index (χ0n) is 15.6. The molecule has 0 radical (unpaired) electrons. The Kier molecular flexibility index (Phi) is 6.54. The van der Waals surface area contributed by atoms with Crippen molar-refractivity contribution in [3.63, 3.8) is 0 Å². The third-order valence-corrected chi connectivity index (χ3v) is 7.09. The third-order valence-electron chi connectivity index (χ3n) is 4.93. The van der Waals surface area contributed by atoms with Crippen LogP contribution in [0.3, 0.4) is 0 Å². The van der Waals surface area contributed by atoms with Crippen LogP contribution < -0.4 is 0 Å². The van der Waals surface area contributed by atoms with Gasteiger partial charge in [0.15, 0.2) is 0 Å². The molecular formula is C17H16F9NO3S. The Morgan fingerprint density at radius 2 is 1.48 bits per heavy atom. The lowest BCUT2D eigenvalue weighted by atomic mass is 9.87. The Labute approximate surface area is 171 Å². The maximum Gasteiger partial charge on any atom is 0.430 e. The Hall–Kier alpha value is -1.80. The quantitative estimate of drug-likeness (QED) is 0.609. The highest BCUT2D eigenvalue weighted by Crippen LogP contribution is 2.48. The lowest BCUT2D eigenvalue weighted by Gasteiger charge is -2.36. The van der Waals surface area contributed by atoms with Crippen molar-refractivity contribution in [2.45, 2.75) is 48.3 Å². The van der Waals surface area contributed by atoms with E-state index in [9.17, 15) is 53.0 Å². The largest absolute Gasteiger partial charge is 0.430 e. The Morgan fingerprint density at radius 3 is 1.90 bits per heavy atom. The van der Waals surface area contributed by atoms with Crippen LogP contribution in [0.1, 0.15) is 12.8 Å². The average Bonchev–Trinajstić information content (AvgIpc) is 2.64. The van der Waals surface area contributed by atoms with E-state index in [0.717, 1.165) is 13.1 Å². The van der Waals surface area contributed by atoms with Crippen molar-refractivity contribution in [2.75, 3.05) is 7.05 Å². The number of alkyl halides is 9. The molecule has 0 spiro atoms. The van der Waals surface area contributed by atoms with Crippen molar-refractivity contribution in [1.29, 1.82) is 0 Å². The molecule has 0 amide bonds. The van der Waals surface area contributed by atoms with Crippen molar-refractivity contribution >= 4 is 10.0 Å². The van der Waals surface area contributed by atoms with Gasteiger partial charge in [-0.25, -0.2) is 8.42 Å². The van der Waals surface area contributed by atoms with E-state index < -0.39 is 63.0 Å². The van der Waals surface area contributed by atoms with Gasteiger partial charge >= 0.3 is 18.5 Å². The third kappa shape index (κ3) is 4.70. The standard InChI is InChI=1S/C17H16F9NO3S/c1-27(31(29,30)13-4-2-3-11(9-13)15(18,19)20)12-7-5-10(6-8-12)14(28,16(21,22)23)17(24,25)26/h2-3,5-7,9,12-13,28H,4,8H2,1H3. The molecule has 0 aromatic rings. The summed E-state index contributed by atoms with van der Waals surface area (Å²) in [5.74, 6) is 0. The summed E-state index contributed by atoms with van der Waals surface area (Å²) in [4.78, 5) is 0. The number of aliphatic hydroxyl groups is 1. The van der Waals surface area contributed by atoms with Gasteiger partial charge in [0.1, 0.15) is 0 Å². The van der Waals surface area contributed by atoms with Crippen LogP contribution in [0.25, 0.3) is 0 Å². The molecule has 0 fully saturated rings. The first-order chi connectivity index (χ1) is 13.8. The van der Waals surface area contributed by atoms with Crippen LogP contribution in [0.2, 0.25) is 0 Å². The van der Waals surface area contributed by atoms with Crippen LogP contribution in [0.15, 0.2) is 47.6 Å². The summed E-state index contributed by atoms with van der Waals surface area (Å²) < 4.78 is 142. The zero-order valence-corrected chi connectivity index (χ0v) is 16.4. The van der Waals surface area contributed by atoms with Gasteiger partial charge < -0.3 is 5.11 Å². The Balaban J connectivity index is 2.28. The van der Waals surface area contributed by atoms with Gasteiger partial charge in [0.25, 0.3) is 5.60 Å². The summed E-state index contributed by atoms with van der Waals surface area (Å²) in [5, 5.41) is 7.75. The molecule has 0 bridgehead atoms. The number of hydrogen-bond donors (Lipinski definition) is 1. The molecule has 2 aliphatic carbocycles. The van der Waals surface area contributed by atoms with Crippen LogP contribution in [-0.2, 0) is 10.0 Å². The predicted molar refractivity (Wildman–Crippen MR) is 91.1 cm³/mol. The van der Waals surface area contributed by atoms with Gasteiger partial charge in [0.2, 0.25) is 10.0 Å². The van der Waals surface area contributed by atoms with Crippen molar-refractivity contribution < 1.29 is 53.0 Å². The number of hydrogen-bond acceptors (Lipinski definition) is 3. The van der Waals surface area contributed by atoms with E-state index in [1.807, 2.05) is 0 Å². The van der Waals surface area contributed by atoms with Gasteiger partial charge in [-0.1, -0.05) is 36.5 Å². The van der Waals surface area contributed by atoms with Gasteiger partial charge in [0.05, 0.1) is 10.8 Å². The number of likely N-dealkylation sites (N-methyl/N-ethyl adjacent to an activating group) is 1. The molecule has 0 saturated heterocycles. The van der Waals surface area contributed by atoms with Crippen molar-refractivity contribution in [3.8, 4) is 0 Å². The lowest BCUT2D eigenvalue weighted by Crippen LogP contribution is -2.58. The molecule has 0 saturated carbocycles. The van der Waals surface area contributed by atoms with Crippen LogP contribution in [0.4, 0.5) is 39.5 Å². The first-order valence-corrected chi connectivity index (χ1v) is 10.0. The van der Waals surface area contributed by atoms with E-state index in [2.05, 4.69) is 0 Å². The first kappa shape index (κ1) is 25.5. The summed E-state index contributed by atoms with van der Waals surface area (Å²) in [6.45, 7) is 0. The van der Waals surface area contributed by atoms with Gasteiger partial charge in [-0.3, -0.25) is 0 Å². The fraction of sp³-hybridized carbons (Fsp3) is 0.529. The minimum absolute atomic E-state index is 0.300. The highest BCUT2D eigenvalue weighted by molar-refractivity contribution is 7.89. The van der Waals surface area contributed by atoms with Crippen molar-refractivity contribution in [2.24, 2.45) is 0 Å². The predicted octanol–water partition coefficient (Wildman–Crippen LogP) is 4.18. The summed E-state index contributed by atoms with van der Waals surface area (Å²) in [5.41, 5.74) is -7.88. The van der Waals surface area contributed by atoms with Crippen LogP contribution in [-0.4, -0.2) is 60.3 Å². The molecule has 31 heavy (non-hydrogen) atoms. The van der Waals surface area contributed by atoms with E-state index in [0.29, 0.717) is 34.7 Å². The summed E-state index contributed by atoms with van der Waals surface area (Å²) in [6, 6.07) is -1.27. The van der Waals surface area contributed by atoms with E-state index in [1.54, 1.807) is 0 Å².